The number of aromatic nitrogens is 3. The highest BCUT2D eigenvalue weighted by molar-refractivity contribution is 5.94. The van der Waals surface area contributed by atoms with E-state index in [0.29, 0.717) is 18.8 Å². The van der Waals surface area contributed by atoms with Gasteiger partial charge in [0.15, 0.2) is 5.69 Å². The molecule has 0 spiro atoms. The lowest BCUT2D eigenvalue weighted by Gasteiger charge is -2.43. The maximum absolute atomic E-state index is 13.5. The van der Waals surface area contributed by atoms with Gasteiger partial charge in [-0.2, -0.15) is 5.10 Å². The third kappa shape index (κ3) is 4.19. The number of nitrogens with zero attached hydrogens (tertiary/aromatic N) is 4. The lowest BCUT2D eigenvalue weighted by Crippen LogP contribution is -2.53. The Morgan fingerprint density at radius 2 is 2.10 bits per heavy atom. The van der Waals surface area contributed by atoms with Crippen molar-refractivity contribution in [3.05, 3.63) is 47.0 Å². The van der Waals surface area contributed by atoms with E-state index in [0.717, 1.165) is 56.1 Å². The second-order valence-corrected chi connectivity index (χ2v) is 7.58. The fourth-order valence-corrected chi connectivity index (χ4v) is 4.22. The molecule has 156 valence electrons. The number of hydrogen-bond acceptors (Lipinski definition) is 6. The van der Waals surface area contributed by atoms with Crippen LogP contribution in [-0.4, -0.2) is 83.0 Å². The number of pyridine rings is 1. The number of amides is 1. The SMILES string of the molecule is CCc1[nH]nc(C(=O)N2CCO[C@@H](CN3CCOCC3)[C@@H]2c2cccnc2)c1C. The number of rotatable bonds is 5. The Balaban J connectivity index is 1.63. The van der Waals surface area contributed by atoms with E-state index in [-0.39, 0.29) is 18.1 Å². The molecule has 2 aliphatic rings. The summed E-state index contributed by atoms with van der Waals surface area (Å²) in [6.45, 7) is 9.05. The van der Waals surface area contributed by atoms with E-state index in [1.165, 1.54) is 0 Å². The number of carbonyl (C=O) groups is 1. The number of carbonyl (C=O) groups excluding carboxylic acids is 1. The van der Waals surface area contributed by atoms with Crippen LogP contribution in [0.4, 0.5) is 0 Å². The van der Waals surface area contributed by atoms with Gasteiger partial charge in [-0.25, -0.2) is 0 Å². The van der Waals surface area contributed by atoms with Crippen LogP contribution in [0, 0.1) is 6.92 Å². The van der Waals surface area contributed by atoms with Crippen LogP contribution >= 0.6 is 0 Å². The van der Waals surface area contributed by atoms with E-state index in [4.69, 9.17) is 9.47 Å². The van der Waals surface area contributed by atoms with Gasteiger partial charge in [-0.1, -0.05) is 13.0 Å². The molecule has 4 rings (SSSR count). The summed E-state index contributed by atoms with van der Waals surface area (Å²) in [6, 6.07) is 3.73. The first kappa shape index (κ1) is 20.0. The number of hydrogen-bond donors (Lipinski definition) is 1. The summed E-state index contributed by atoms with van der Waals surface area (Å²) in [7, 11) is 0. The van der Waals surface area contributed by atoms with E-state index < -0.39 is 0 Å². The first-order chi connectivity index (χ1) is 14.2. The minimum Gasteiger partial charge on any atom is -0.379 e. The molecule has 0 aliphatic carbocycles. The van der Waals surface area contributed by atoms with E-state index >= 15 is 0 Å². The van der Waals surface area contributed by atoms with E-state index in [2.05, 4.69) is 27.0 Å². The molecule has 2 aromatic rings. The zero-order valence-electron chi connectivity index (χ0n) is 17.1. The molecule has 0 saturated carbocycles. The van der Waals surface area contributed by atoms with Gasteiger partial charge in [0.05, 0.1) is 32.0 Å². The Morgan fingerprint density at radius 3 is 2.79 bits per heavy atom. The quantitative estimate of drug-likeness (QED) is 0.822. The van der Waals surface area contributed by atoms with Crippen molar-refractivity contribution in [2.24, 2.45) is 0 Å². The summed E-state index contributed by atoms with van der Waals surface area (Å²) in [5.41, 5.74) is 3.42. The van der Waals surface area contributed by atoms with Crippen molar-refractivity contribution in [2.45, 2.75) is 32.4 Å². The summed E-state index contributed by atoms with van der Waals surface area (Å²) < 4.78 is 11.7. The topological polar surface area (TPSA) is 83.6 Å². The van der Waals surface area contributed by atoms with Crippen LogP contribution in [0.3, 0.4) is 0 Å². The lowest BCUT2D eigenvalue weighted by atomic mass is 9.98. The fourth-order valence-electron chi connectivity index (χ4n) is 4.22. The Kier molecular flexibility index (Phi) is 6.22. The standard InChI is InChI=1S/C21H29N5O3/c1-3-17-15(2)19(24-23-17)21(27)26-9-12-29-18(14-25-7-10-28-11-8-25)20(26)16-5-4-6-22-13-16/h4-6,13,18,20H,3,7-12,14H2,1-2H3,(H,23,24)/t18-,20-/m0/s1. The molecule has 0 bridgehead atoms. The molecule has 2 aliphatic heterocycles. The number of aromatic amines is 1. The minimum absolute atomic E-state index is 0.0532. The third-order valence-electron chi connectivity index (χ3n) is 5.85. The van der Waals surface area contributed by atoms with Gasteiger partial charge < -0.3 is 14.4 Å². The van der Waals surface area contributed by atoms with Crippen LogP contribution in [0.15, 0.2) is 24.5 Å². The van der Waals surface area contributed by atoms with Crippen molar-refractivity contribution >= 4 is 5.91 Å². The molecule has 2 atom stereocenters. The van der Waals surface area contributed by atoms with Gasteiger partial charge in [-0.05, 0) is 25.0 Å². The van der Waals surface area contributed by atoms with Crippen molar-refractivity contribution in [1.82, 2.24) is 25.0 Å². The largest absolute Gasteiger partial charge is 0.379 e. The van der Waals surface area contributed by atoms with E-state index in [1.807, 2.05) is 30.2 Å². The van der Waals surface area contributed by atoms with E-state index in [1.54, 1.807) is 6.20 Å². The summed E-state index contributed by atoms with van der Waals surface area (Å²) in [4.78, 5) is 22.1. The zero-order valence-corrected chi connectivity index (χ0v) is 17.1. The number of ether oxygens (including phenoxy) is 2. The molecule has 8 heteroatoms. The lowest BCUT2D eigenvalue weighted by molar-refractivity contribution is -0.0820. The van der Waals surface area contributed by atoms with E-state index in [9.17, 15) is 4.79 Å². The summed E-state index contributed by atoms with van der Waals surface area (Å²) >= 11 is 0. The predicted octanol–water partition coefficient (Wildman–Crippen LogP) is 1.59. The number of nitrogens with one attached hydrogen (secondary N) is 1. The monoisotopic (exact) mass is 399 g/mol. The van der Waals surface area contributed by atoms with Crippen molar-refractivity contribution in [3.8, 4) is 0 Å². The van der Waals surface area contributed by atoms with Crippen LogP contribution in [0.25, 0.3) is 0 Å². The smallest absolute Gasteiger partial charge is 0.275 e. The molecule has 29 heavy (non-hydrogen) atoms. The highest BCUT2D eigenvalue weighted by atomic mass is 16.5. The van der Waals surface area contributed by atoms with Crippen molar-refractivity contribution in [1.29, 1.82) is 0 Å². The highest BCUT2D eigenvalue weighted by Crippen LogP contribution is 2.31. The average Bonchev–Trinajstić information content (AvgIpc) is 3.15. The second kappa shape index (κ2) is 9.02. The average molecular weight is 399 g/mol. The minimum atomic E-state index is -0.200. The van der Waals surface area contributed by atoms with Crippen molar-refractivity contribution in [3.63, 3.8) is 0 Å². The first-order valence-corrected chi connectivity index (χ1v) is 10.4. The molecule has 8 nitrogen and oxygen atoms in total. The van der Waals surface area contributed by atoms with Crippen LogP contribution < -0.4 is 0 Å². The molecule has 2 saturated heterocycles. The van der Waals surface area contributed by atoms with Gasteiger partial charge in [0.1, 0.15) is 0 Å². The fraction of sp³-hybridized carbons (Fsp3) is 0.571. The maximum atomic E-state index is 13.5. The Bertz CT molecular complexity index is 819. The normalized spacial score (nSPS) is 23.3. The highest BCUT2D eigenvalue weighted by Gasteiger charge is 2.39. The van der Waals surface area contributed by atoms with Gasteiger partial charge in [-0.15, -0.1) is 0 Å². The first-order valence-electron chi connectivity index (χ1n) is 10.4. The summed E-state index contributed by atoms with van der Waals surface area (Å²) in [5, 5.41) is 7.34. The number of H-pyrrole nitrogens is 1. The maximum Gasteiger partial charge on any atom is 0.275 e. The van der Waals surface area contributed by atoms with Gasteiger partial charge in [0.2, 0.25) is 0 Å². The molecule has 0 radical (unpaired) electrons. The summed E-state index contributed by atoms with van der Waals surface area (Å²) in [5.74, 6) is -0.0532. The number of aryl methyl sites for hydroxylation is 1. The van der Waals surface area contributed by atoms with Crippen molar-refractivity contribution in [2.75, 3.05) is 46.0 Å². The van der Waals surface area contributed by atoms with Crippen LogP contribution in [0.5, 0.6) is 0 Å². The molecule has 2 fully saturated rings. The molecule has 0 aromatic carbocycles. The molecule has 0 unspecified atom stereocenters. The predicted molar refractivity (Wildman–Crippen MR) is 108 cm³/mol. The van der Waals surface area contributed by atoms with Crippen molar-refractivity contribution < 1.29 is 14.3 Å². The van der Waals surface area contributed by atoms with Gasteiger partial charge in [0.25, 0.3) is 5.91 Å². The molecule has 4 heterocycles. The Morgan fingerprint density at radius 1 is 1.28 bits per heavy atom. The van der Waals surface area contributed by atoms with Crippen LogP contribution in [-0.2, 0) is 15.9 Å². The van der Waals surface area contributed by atoms with Gasteiger partial charge in [-0.3, -0.25) is 19.8 Å². The molecule has 2 aromatic heterocycles. The van der Waals surface area contributed by atoms with Crippen LogP contribution in [0.2, 0.25) is 0 Å². The third-order valence-corrected chi connectivity index (χ3v) is 5.85. The molecule has 1 amide bonds. The Labute approximate surface area is 171 Å². The molecular weight excluding hydrogens is 370 g/mol. The Hall–Kier alpha value is -2.29. The second-order valence-electron chi connectivity index (χ2n) is 7.58. The van der Waals surface area contributed by atoms with Gasteiger partial charge >= 0.3 is 0 Å². The van der Waals surface area contributed by atoms with Crippen LogP contribution in [0.1, 0.15) is 40.3 Å². The summed E-state index contributed by atoms with van der Waals surface area (Å²) in [6.07, 6.45) is 4.28. The molecular formula is C21H29N5O3. The molecule has 1 N–H and O–H groups in total. The van der Waals surface area contributed by atoms with Gasteiger partial charge in [0, 0.05) is 49.8 Å². The zero-order chi connectivity index (χ0) is 20.2. The number of morpholine rings is 2.